The van der Waals surface area contributed by atoms with Crippen LogP contribution in [0.4, 0.5) is 0 Å². The number of carbonyl (C=O) groups excluding carboxylic acids is 2. The quantitative estimate of drug-likeness (QED) is 0.577. The fourth-order valence-corrected chi connectivity index (χ4v) is 4.39. The van der Waals surface area contributed by atoms with Gasteiger partial charge >= 0.3 is 0 Å². The van der Waals surface area contributed by atoms with Gasteiger partial charge in [0, 0.05) is 13.1 Å². The Labute approximate surface area is 159 Å². The smallest absolute Gasteiger partial charge is 0.239 e. The van der Waals surface area contributed by atoms with Crippen LogP contribution in [0.3, 0.4) is 0 Å². The number of thioether (sulfide) groups is 1. The summed E-state index contributed by atoms with van der Waals surface area (Å²) >= 11 is 8.06. The summed E-state index contributed by atoms with van der Waals surface area (Å²) in [6.45, 7) is 0.0874. The predicted octanol–water partition coefficient (Wildman–Crippen LogP) is 2.49. The van der Waals surface area contributed by atoms with Crippen LogP contribution in [0.25, 0.3) is 5.69 Å². The zero-order valence-electron chi connectivity index (χ0n) is 13.7. The van der Waals surface area contributed by atoms with Crippen molar-refractivity contribution in [2.24, 2.45) is 0 Å². The second kappa shape index (κ2) is 8.11. The van der Waals surface area contributed by atoms with Gasteiger partial charge in [-0.2, -0.15) is 0 Å². The average molecular weight is 395 g/mol. The molecular formula is C16H18N4O2S3. The zero-order valence-corrected chi connectivity index (χ0v) is 16.1. The maximum Gasteiger partial charge on any atom is 0.239 e. The van der Waals surface area contributed by atoms with Gasteiger partial charge in [0.1, 0.15) is 0 Å². The molecule has 1 fully saturated rings. The molecule has 9 heteroatoms. The van der Waals surface area contributed by atoms with Crippen LogP contribution in [-0.2, 0) is 9.59 Å². The molecule has 0 unspecified atom stereocenters. The summed E-state index contributed by atoms with van der Waals surface area (Å²) in [4.78, 5) is 25.4. The molecule has 2 aromatic rings. The van der Waals surface area contributed by atoms with Gasteiger partial charge in [0.05, 0.1) is 18.0 Å². The number of benzene rings is 1. The van der Waals surface area contributed by atoms with Gasteiger partial charge in [-0.1, -0.05) is 41.3 Å². The molecule has 1 aliphatic rings. The molecule has 1 saturated carbocycles. The van der Waals surface area contributed by atoms with E-state index in [1.54, 1.807) is 11.7 Å². The van der Waals surface area contributed by atoms with Crippen LogP contribution in [0.1, 0.15) is 12.8 Å². The number of nitrogens with one attached hydrogen (secondary N) is 1. The van der Waals surface area contributed by atoms with Crippen molar-refractivity contribution < 1.29 is 9.59 Å². The lowest BCUT2D eigenvalue weighted by molar-refractivity contribution is -0.132. The van der Waals surface area contributed by atoms with Gasteiger partial charge in [-0.05, 0) is 37.2 Å². The maximum absolute atomic E-state index is 12.2. The van der Waals surface area contributed by atoms with Crippen molar-refractivity contribution in [2.45, 2.75) is 23.2 Å². The number of rotatable bonds is 7. The summed E-state index contributed by atoms with van der Waals surface area (Å²) in [5, 5.41) is 7.34. The molecule has 0 radical (unpaired) electrons. The van der Waals surface area contributed by atoms with Gasteiger partial charge < -0.3 is 10.2 Å². The lowest BCUT2D eigenvalue weighted by Gasteiger charge is -2.16. The Morgan fingerprint density at radius 3 is 2.80 bits per heavy atom. The van der Waals surface area contributed by atoms with Gasteiger partial charge in [0.2, 0.25) is 11.8 Å². The van der Waals surface area contributed by atoms with E-state index in [-0.39, 0.29) is 24.1 Å². The molecule has 0 aliphatic heterocycles. The topological polar surface area (TPSA) is 67.2 Å². The Morgan fingerprint density at radius 2 is 2.12 bits per heavy atom. The van der Waals surface area contributed by atoms with E-state index in [9.17, 15) is 9.59 Å². The molecule has 0 spiro atoms. The highest BCUT2D eigenvalue weighted by Crippen LogP contribution is 2.24. The Balaban J connectivity index is 1.53. The first kappa shape index (κ1) is 18.1. The van der Waals surface area contributed by atoms with Crippen LogP contribution in [0.15, 0.2) is 34.7 Å². The summed E-state index contributed by atoms with van der Waals surface area (Å²) in [5.74, 6) is 0.0141. The van der Waals surface area contributed by atoms with Crippen molar-refractivity contribution in [1.82, 2.24) is 20.0 Å². The Morgan fingerprint density at radius 1 is 1.40 bits per heavy atom. The fourth-order valence-electron chi connectivity index (χ4n) is 2.09. The molecule has 1 aromatic heterocycles. The van der Waals surface area contributed by atoms with E-state index in [1.807, 2.05) is 30.3 Å². The van der Waals surface area contributed by atoms with Gasteiger partial charge in [0.15, 0.2) is 8.29 Å². The van der Waals surface area contributed by atoms with Crippen LogP contribution in [0.2, 0.25) is 0 Å². The first-order valence-corrected chi connectivity index (χ1v) is 10.1. The largest absolute Gasteiger partial charge is 0.352 e. The number of nitrogens with zero attached hydrogens (tertiary/aromatic N) is 3. The van der Waals surface area contributed by atoms with E-state index >= 15 is 0 Å². The normalized spacial score (nSPS) is 13.5. The third-order valence-corrected chi connectivity index (χ3v) is 5.95. The van der Waals surface area contributed by atoms with E-state index in [4.69, 9.17) is 12.2 Å². The summed E-state index contributed by atoms with van der Waals surface area (Å²) in [6.07, 6.45) is 2.07. The summed E-state index contributed by atoms with van der Waals surface area (Å²) < 4.78 is 3.07. The Kier molecular flexibility index (Phi) is 5.87. The number of carbonyl (C=O) groups is 2. The number of amides is 2. The highest BCUT2D eigenvalue weighted by Gasteiger charge is 2.24. The summed E-state index contributed by atoms with van der Waals surface area (Å²) in [6, 6.07) is 9.95. The van der Waals surface area contributed by atoms with Gasteiger partial charge in [-0.3, -0.25) is 9.59 Å². The molecule has 1 N–H and O–H groups in total. The highest BCUT2D eigenvalue weighted by molar-refractivity contribution is 8.01. The van der Waals surface area contributed by atoms with E-state index in [1.165, 1.54) is 28.0 Å². The van der Waals surface area contributed by atoms with Crippen LogP contribution in [0, 0.1) is 3.95 Å². The van der Waals surface area contributed by atoms with Crippen LogP contribution in [-0.4, -0.2) is 51.9 Å². The Bertz CT molecular complexity index is 814. The zero-order chi connectivity index (χ0) is 17.8. The molecule has 0 atom stereocenters. The van der Waals surface area contributed by atoms with Crippen molar-refractivity contribution in [3.63, 3.8) is 0 Å². The maximum atomic E-state index is 12.2. The predicted molar refractivity (Wildman–Crippen MR) is 102 cm³/mol. The third-order valence-electron chi connectivity index (χ3n) is 3.60. The minimum Gasteiger partial charge on any atom is -0.352 e. The number of likely N-dealkylation sites (N-methyl/N-ethyl adjacent to an activating group) is 1. The SMILES string of the molecule is CN(CC(=O)NC1CC1)C(=O)CSc1nn(-c2ccccc2)c(=S)s1. The molecule has 1 aliphatic carbocycles. The molecule has 3 rings (SSSR count). The molecule has 6 nitrogen and oxygen atoms in total. The van der Waals surface area contributed by atoms with Crippen LogP contribution in [0.5, 0.6) is 0 Å². The second-order valence-corrected chi connectivity index (χ2v) is 8.61. The summed E-state index contributed by atoms with van der Waals surface area (Å²) in [7, 11) is 1.64. The van der Waals surface area contributed by atoms with Crippen molar-refractivity contribution in [2.75, 3.05) is 19.3 Å². The number of hydrogen-bond acceptors (Lipinski definition) is 6. The molecule has 1 heterocycles. The van der Waals surface area contributed by atoms with E-state index in [0.29, 0.717) is 10.00 Å². The first-order valence-electron chi connectivity index (χ1n) is 7.84. The molecule has 1 aromatic carbocycles. The molecule has 132 valence electrons. The monoisotopic (exact) mass is 394 g/mol. The van der Waals surface area contributed by atoms with Crippen molar-refractivity contribution >= 4 is 47.1 Å². The lowest BCUT2D eigenvalue weighted by Crippen LogP contribution is -2.39. The standard InChI is InChI=1S/C16H18N4O2S3/c1-19(9-13(21)17-11-7-8-11)14(22)10-24-15-18-20(16(23)25-15)12-5-3-2-4-6-12/h2-6,11H,7-10H2,1H3,(H,17,21). The Hall–Kier alpha value is -1.71. The van der Waals surface area contributed by atoms with Gasteiger partial charge in [-0.15, -0.1) is 5.10 Å². The molecular weight excluding hydrogens is 376 g/mol. The van der Waals surface area contributed by atoms with E-state index in [2.05, 4.69) is 10.4 Å². The first-order chi connectivity index (χ1) is 12.0. The van der Waals surface area contributed by atoms with Crippen molar-refractivity contribution in [3.05, 3.63) is 34.3 Å². The third kappa shape index (κ3) is 5.13. The van der Waals surface area contributed by atoms with Crippen LogP contribution < -0.4 is 5.32 Å². The van der Waals surface area contributed by atoms with E-state index in [0.717, 1.165) is 22.9 Å². The minimum atomic E-state index is -0.108. The molecule has 0 bridgehead atoms. The van der Waals surface area contributed by atoms with E-state index < -0.39 is 0 Å². The van der Waals surface area contributed by atoms with Crippen molar-refractivity contribution in [3.8, 4) is 5.69 Å². The lowest BCUT2D eigenvalue weighted by atomic mass is 10.3. The van der Waals surface area contributed by atoms with Gasteiger partial charge in [0.25, 0.3) is 0 Å². The van der Waals surface area contributed by atoms with Crippen molar-refractivity contribution in [1.29, 1.82) is 0 Å². The average Bonchev–Trinajstić information content (AvgIpc) is 3.33. The molecule has 25 heavy (non-hydrogen) atoms. The minimum absolute atomic E-state index is 0.0874. The highest BCUT2D eigenvalue weighted by atomic mass is 32.2. The fraction of sp³-hybridized carbons (Fsp3) is 0.375. The number of para-hydroxylation sites is 1. The second-order valence-electron chi connectivity index (χ2n) is 5.76. The summed E-state index contributed by atoms with van der Waals surface area (Å²) in [5.41, 5.74) is 0.899. The molecule has 2 amide bonds. The number of hydrogen-bond donors (Lipinski definition) is 1. The van der Waals surface area contributed by atoms with Crippen LogP contribution >= 0.6 is 35.3 Å². The number of aromatic nitrogens is 2. The van der Waals surface area contributed by atoms with Gasteiger partial charge in [-0.25, -0.2) is 4.68 Å². The molecule has 0 saturated heterocycles.